The molecule has 2 heterocycles. The number of ether oxygens (including phenoxy) is 1. The van der Waals surface area contributed by atoms with Crippen molar-refractivity contribution in [2.45, 2.75) is 45.4 Å². The first-order chi connectivity index (χ1) is 7.72. The average Bonchev–Trinajstić information content (AvgIpc) is 2.88. The minimum Gasteiger partial charge on any atom is -0.378 e. The van der Waals surface area contributed by atoms with E-state index in [9.17, 15) is 0 Å². The highest BCUT2D eigenvalue weighted by atomic mass is 16.5. The third kappa shape index (κ3) is 2.28. The quantitative estimate of drug-likeness (QED) is 0.845. The summed E-state index contributed by atoms with van der Waals surface area (Å²) in [6.07, 6.45) is 6.21. The summed E-state index contributed by atoms with van der Waals surface area (Å²) < 4.78 is 7.76. The highest BCUT2D eigenvalue weighted by Gasteiger charge is 2.25. The van der Waals surface area contributed by atoms with Gasteiger partial charge in [0.1, 0.15) is 0 Å². The topological polar surface area (TPSA) is 53.1 Å². The van der Waals surface area contributed by atoms with Crippen LogP contribution in [0.5, 0.6) is 0 Å². The molecule has 2 rings (SSSR count). The van der Waals surface area contributed by atoms with Crippen LogP contribution in [0, 0.1) is 5.92 Å². The van der Waals surface area contributed by atoms with E-state index in [1.807, 2.05) is 12.5 Å². The Bertz CT molecular complexity index is 337. The van der Waals surface area contributed by atoms with Gasteiger partial charge in [-0.3, -0.25) is 0 Å². The largest absolute Gasteiger partial charge is 0.378 e. The number of rotatable bonds is 4. The molecule has 1 aliphatic rings. The van der Waals surface area contributed by atoms with Crippen molar-refractivity contribution in [3.05, 3.63) is 18.2 Å². The second kappa shape index (κ2) is 4.97. The minimum atomic E-state index is 0.0973. The van der Waals surface area contributed by atoms with Crippen molar-refractivity contribution < 1.29 is 4.74 Å². The summed E-state index contributed by atoms with van der Waals surface area (Å²) in [5.41, 5.74) is 7.20. The number of hydrogen-bond donors (Lipinski definition) is 1. The Hall–Kier alpha value is -0.870. The molecule has 1 saturated heterocycles. The van der Waals surface area contributed by atoms with E-state index < -0.39 is 0 Å². The smallest absolute Gasteiger partial charge is 0.0948 e. The molecule has 1 aliphatic heterocycles. The molecule has 16 heavy (non-hydrogen) atoms. The Balaban J connectivity index is 2.06. The van der Waals surface area contributed by atoms with E-state index in [-0.39, 0.29) is 6.04 Å². The Kier molecular flexibility index (Phi) is 3.61. The lowest BCUT2D eigenvalue weighted by Gasteiger charge is -2.18. The number of hydrogen-bond acceptors (Lipinski definition) is 3. The van der Waals surface area contributed by atoms with Crippen molar-refractivity contribution in [1.29, 1.82) is 0 Å². The normalized spacial score (nSPS) is 27.2. The van der Waals surface area contributed by atoms with E-state index in [2.05, 4.69) is 23.4 Å². The van der Waals surface area contributed by atoms with Crippen molar-refractivity contribution in [2.24, 2.45) is 11.7 Å². The monoisotopic (exact) mass is 223 g/mol. The van der Waals surface area contributed by atoms with Gasteiger partial charge in [-0.25, -0.2) is 4.98 Å². The standard InChI is InChI=1S/C12H21N3O/c1-3-11(13)12-6-14-8-15(12)7-10-4-5-16-9(10)2/h6,8-11H,3-5,7,13H2,1-2H3/t9?,10?,11-/m1/s1. The highest BCUT2D eigenvalue weighted by molar-refractivity contribution is 5.04. The van der Waals surface area contributed by atoms with Crippen molar-refractivity contribution in [3.63, 3.8) is 0 Å². The second-order valence-electron chi connectivity index (χ2n) is 4.61. The van der Waals surface area contributed by atoms with Crippen molar-refractivity contribution in [3.8, 4) is 0 Å². The van der Waals surface area contributed by atoms with Gasteiger partial charge in [0.25, 0.3) is 0 Å². The van der Waals surface area contributed by atoms with E-state index in [0.29, 0.717) is 12.0 Å². The fourth-order valence-corrected chi connectivity index (χ4v) is 2.27. The van der Waals surface area contributed by atoms with Crippen LogP contribution < -0.4 is 5.73 Å². The molecule has 0 aliphatic carbocycles. The van der Waals surface area contributed by atoms with Crippen molar-refractivity contribution in [1.82, 2.24) is 9.55 Å². The number of imidazole rings is 1. The lowest BCUT2D eigenvalue weighted by atomic mass is 10.0. The van der Waals surface area contributed by atoms with Gasteiger partial charge < -0.3 is 15.0 Å². The van der Waals surface area contributed by atoms with Gasteiger partial charge in [0.05, 0.1) is 18.1 Å². The van der Waals surface area contributed by atoms with Gasteiger partial charge >= 0.3 is 0 Å². The van der Waals surface area contributed by atoms with E-state index in [0.717, 1.165) is 31.7 Å². The molecule has 2 N–H and O–H groups in total. The lowest BCUT2D eigenvalue weighted by molar-refractivity contribution is 0.101. The van der Waals surface area contributed by atoms with Crippen LogP contribution in [0.2, 0.25) is 0 Å². The molecule has 3 atom stereocenters. The first-order valence-corrected chi connectivity index (χ1v) is 6.09. The Morgan fingerprint density at radius 3 is 3.12 bits per heavy atom. The first-order valence-electron chi connectivity index (χ1n) is 6.09. The van der Waals surface area contributed by atoms with E-state index in [1.54, 1.807) is 0 Å². The summed E-state index contributed by atoms with van der Waals surface area (Å²) in [5.74, 6) is 0.594. The van der Waals surface area contributed by atoms with E-state index >= 15 is 0 Å². The number of nitrogens with two attached hydrogens (primary N) is 1. The summed E-state index contributed by atoms with van der Waals surface area (Å²) in [5, 5.41) is 0. The van der Waals surface area contributed by atoms with E-state index in [4.69, 9.17) is 10.5 Å². The average molecular weight is 223 g/mol. The second-order valence-corrected chi connectivity index (χ2v) is 4.61. The SMILES string of the molecule is CC[C@@H](N)c1cncn1CC1CCOC1C. The molecule has 2 unspecified atom stereocenters. The minimum absolute atomic E-state index is 0.0973. The number of aromatic nitrogens is 2. The molecular formula is C12H21N3O. The molecule has 0 saturated carbocycles. The summed E-state index contributed by atoms with van der Waals surface area (Å²) >= 11 is 0. The maximum absolute atomic E-state index is 6.06. The third-order valence-corrected chi connectivity index (χ3v) is 3.53. The summed E-state index contributed by atoms with van der Waals surface area (Å²) in [6, 6.07) is 0.0973. The Labute approximate surface area is 96.8 Å². The number of nitrogens with zero attached hydrogens (tertiary/aromatic N) is 2. The Morgan fingerprint density at radius 2 is 2.50 bits per heavy atom. The molecule has 1 aromatic rings. The fraction of sp³-hybridized carbons (Fsp3) is 0.750. The van der Waals surface area contributed by atoms with Crippen molar-refractivity contribution >= 4 is 0 Å². The van der Waals surface area contributed by atoms with Crippen molar-refractivity contribution in [2.75, 3.05) is 6.61 Å². The van der Waals surface area contributed by atoms with Crippen LogP contribution in [0.1, 0.15) is 38.4 Å². The van der Waals surface area contributed by atoms with Gasteiger partial charge in [0, 0.05) is 31.3 Å². The molecule has 0 radical (unpaired) electrons. The zero-order valence-electron chi connectivity index (χ0n) is 10.1. The lowest BCUT2D eigenvalue weighted by Crippen LogP contribution is -2.21. The maximum atomic E-state index is 6.06. The molecule has 0 amide bonds. The van der Waals surface area contributed by atoms with Crippen LogP contribution in [0.3, 0.4) is 0 Å². The van der Waals surface area contributed by atoms with Gasteiger partial charge in [0.15, 0.2) is 0 Å². The molecule has 0 aromatic carbocycles. The van der Waals surface area contributed by atoms with Crippen LogP contribution in [0.4, 0.5) is 0 Å². The van der Waals surface area contributed by atoms with Crippen LogP contribution in [-0.2, 0) is 11.3 Å². The van der Waals surface area contributed by atoms with Crippen LogP contribution in [0.25, 0.3) is 0 Å². The molecule has 1 aromatic heterocycles. The third-order valence-electron chi connectivity index (χ3n) is 3.53. The first kappa shape index (κ1) is 11.6. The summed E-state index contributed by atoms with van der Waals surface area (Å²) in [7, 11) is 0. The van der Waals surface area contributed by atoms with Gasteiger partial charge in [0.2, 0.25) is 0 Å². The van der Waals surface area contributed by atoms with Crippen LogP contribution in [-0.4, -0.2) is 22.3 Å². The molecule has 0 spiro atoms. The van der Waals surface area contributed by atoms with Crippen LogP contribution >= 0.6 is 0 Å². The van der Waals surface area contributed by atoms with Gasteiger partial charge in [-0.15, -0.1) is 0 Å². The zero-order chi connectivity index (χ0) is 11.5. The predicted octanol–water partition coefficient (Wildman–Crippen LogP) is 1.72. The van der Waals surface area contributed by atoms with Gasteiger partial charge in [-0.1, -0.05) is 6.92 Å². The summed E-state index contributed by atoms with van der Waals surface area (Å²) in [4.78, 5) is 4.20. The van der Waals surface area contributed by atoms with Gasteiger partial charge in [-0.05, 0) is 19.8 Å². The molecular weight excluding hydrogens is 202 g/mol. The molecule has 4 heteroatoms. The zero-order valence-corrected chi connectivity index (χ0v) is 10.1. The fourth-order valence-electron chi connectivity index (χ4n) is 2.27. The summed E-state index contributed by atoms with van der Waals surface area (Å²) in [6.45, 7) is 6.11. The maximum Gasteiger partial charge on any atom is 0.0948 e. The molecule has 4 nitrogen and oxygen atoms in total. The van der Waals surface area contributed by atoms with Gasteiger partial charge in [-0.2, -0.15) is 0 Å². The molecule has 1 fully saturated rings. The molecule has 0 bridgehead atoms. The predicted molar refractivity (Wildman–Crippen MR) is 63.0 cm³/mol. The highest BCUT2D eigenvalue weighted by Crippen LogP contribution is 2.24. The van der Waals surface area contributed by atoms with E-state index in [1.165, 1.54) is 0 Å². The van der Waals surface area contributed by atoms with Crippen LogP contribution in [0.15, 0.2) is 12.5 Å². The molecule has 90 valence electrons. The Morgan fingerprint density at radius 1 is 1.69 bits per heavy atom.